The van der Waals surface area contributed by atoms with E-state index in [1.807, 2.05) is 6.07 Å². The van der Waals surface area contributed by atoms with E-state index < -0.39 is 6.04 Å². The number of nitrogens with two attached hydrogens (primary N) is 1. The Labute approximate surface area is 72.2 Å². The summed E-state index contributed by atoms with van der Waals surface area (Å²) in [7, 11) is 0. The molecule has 0 aromatic rings. The van der Waals surface area contributed by atoms with Crippen LogP contribution in [-0.4, -0.2) is 32.0 Å². The molecule has 1 aliphatic rings. The summed E-state index contributed by atoms with van der Waals surface area (Å²) < 4.78 is 10.5. The van der Waals surface area contributed by atoms with Gasteiger partial charge in [0.05, 0.1) is 24.8 Å². The van der Waals surface area contributed by atoms with Gasteiger partial charge in [-0.05, 0) is 12.8 Å². The van der Waals surface area contributed by atoms with Gasteiger partial charge in [0.1, 0.15) is 0 Å². The highest BCUT2D eigenvalue weighted by Crippen LogP contribution is 2.08. The number of nitriles is 1. The average Bonchev–Trinajstić information content (AvgIpc) is 2.57. The lowest BCUT2D eigenvalue weighted by molar-refractivity contribution is 0.0407. The summed E-state index contributed by atoms with van der Waals surface area (Å²) in [5.41, 5.74) is 5.39. The largest absolute Gasteiger partial charge is 0.379 e. The fourth-order valence-electron chi connectivity index (χ4n) is 1.07. The second-order valence-electron chi connectivity index (χ2n) is 2.88. The summed E-state index contributed by atoms with van der Waals surface area (Å²) in [4.78, 5) is 0. The lowest BCUT2D eigenvalue weighted by Gasteiger charge is -2.09. The standard InChI is InChI=1S/C8H14N2O2/c9-5-7(10)1-4-12-8-2-3-11-6-8/h7-8H,1-4,6,10H2. The zero-order valence-electron chi connectivity index (χ0n) is 7.03. The summed E-state index contributed by atoms with van der Waals surface area (Å²) in [6.07, 6.45) is 1.78. The highest BCUT2D eigenvalue weighted by Gasteiger charge is 2.15. The molecule has 1 heterocycles. The van der Waals surface area contributed by atoms with Gasteiger partial charge in [0.15, 0.2) is 0 Å². The Bertz CT molecular complexity index is 161. The molecule has 1 saturated heterocycles. The Morgan fingerprint density at radius 2 is 2.58 bits per heavy atom. The Balaban J connectivity index is 1.98. The maximum absolute atomic E-state index is 8.37. The number of hydrogen-bond acceptors (Lipinski definition) is 4. The summed E-state index contributed by atoms with van der Waals surface area (Å²) in [6, 6.07) is 1.56. The Kier molecular flexibility index (Phi) is 4.01. The van der Waals surface area contributed by atoms with E-state index in [1.54, 1.807) is 0 Å². The molecule has 1 fully saturated rings. The van der Waals surface area contributed by atoms with Crippen LogP contribution in [0.3, 0.4) is 0 Å². The van der Waals surface area contributed by atoms with Crippen LogP contribution >= 0.6 is 0 Å². The van der Waals surface area contributed by atoms with E-state index in [9.17, 15) is 0 Å². The topological polar surface area (TPSA) is 68.3 Å². The third-order valence-electron chi connectivity index (χ3n) is 1.84. The molecule has 1 aliphatic heterocycles. The summed E-state index contributed by atoms with van der Waals surface area (Å²) >= 11 is 0. The van der Waals surface area contributed by atoms with Gasteiger partial charge in [-0.1, -0.05) is 0 Å². The molecule has 4 heteroatoms. The molecule has 0 aromatic heterocycles. The smallest absolute Gasteiger partial charge is 0.0950 e. The summed E-state index contributed by atoms with van der Waals surface area (Å²) in [5.74, 6) is 0. The van der Waals surface area contributed by atoms with Crippen molar-refractivity contribution in [1.82, 2.24) is 0 Å². The minimum Gasteiger partial charge on any atom is -0.379 e. The highest BCUT2D eigenvalue weighted by atomic mass is 16.5. The second-order valence-corrected chi connectivity index (χ2v) is 2.88. The molecule has 0 radical (unpaired) electrons. The molecule has 2 N–H and O–H groups in total. The van der Waals surface area contributed by atoms with Crippen molar-refractivity contribution in [3.8, 4) is 6.07 Å². The first kappa shape index (κ1) is 9.46. The van der Waals surface area contributed by atoms with Gasteiger partial charge in [-0.15, -0.1) is 0 Å². The van der Waals surface area contributed by atoms with E-state index >= 15 is 0 Å². The van der Waals surface area contributed by atoms with E-state index in [0.29, 0.717) is 19.6 Å². The molecule has 0 spiro atoms. The van der Waals surface area contributed by atoms with Crippen molar-refractivity contribution >= 4 is 0 Å². The van der Waals surface area contributed by atoms with Crippen molar-refractivity contribution in [2.75, 3.05) is 19.8 Å². The zero-order chi connectivity index (χ0) is 8.81. The molecular weight excluding hydrogens is 156 g/mol. The van der Waals surface area contributed by atoms with Crippen molar-refractivity contribution in [1.29, 1.82) is 5.26 Å². The van der Waals surface area contributed by atoms with Crippen LogP contribution in [-0.2, 0) is 9.47 Å². The molecule has 1 rings (SSSR count). The summed E-state index contributed by atoms with van der Waals surface area (Å²) in [5, 5.41) is 8.37. The Hall–Kier alpha value is -0.630. The minimum absolute atomic E-state index is 0.218. The van der Waals surface area contributed by atoms with E-state index in [2.05, 4.69) is 0 Å². The number of hydrogen-bond donors (Lipinski definition) is 1. The van der Waals surface area contributed by atoms with Gasteiger partial charge in [0.25, 0.3) is 0 Å². The van der Waals surface area contributed by atoms with E-state index in [-0.39, 0.29) is 6.10 Å². The van der Waals surface area contributed by atoms with Gasteiger partial charge >= 0.3 is 0 Å². The van der Waals surface area contributed by atoms with Crippen LogP contribution < -0.4 is 5.73 Å². The molecule has 0 bridgehead atoms. The van der Waals surface area contributed by atoms with Crippen LogP contribution in [0.15, 0.2) is 0 Å². The third kappa shape index (κ3) is 3.18. The molecule has 0 amide bonds. The first-order valence-corrected chi connectivity index (χ1v) is 4.17. The third-order valence-corrected chi connectivity index (χ3v) is 1.84. The van der Waals surface area contributed by atoms with Gasteiger partial charge in [-0.25, -0.2) is 0 Å². The van der Waals surface area contributed by atoms with Gasteiger partial charge < -0.3 is 15.2 Å². The first-order valence-electron chi connectivity index (χ1n) is 4.17. The van der Waals surface area contributed by atoms with E-state index in [4.69, 9.17) is 20.5 Å². The van der Waals surface area contributed by atoms with Gasteiger partial charge in [0.2, 0.25) is 0 Å². The predicted octanol–water partition coefficient (Wildman–Crippen LogP) is 0.0329. The first-order chi connectivity index (χ1) is 5.83. The van der Waals surface area contributed by atoms with Crippen molar-refractivity contribution in [3.63, 3.8) is 0 Å². The molecule has 2 unspecified atom stereocenters. The fourth-order valence-corrected chi connectivity index (χ4v) is 1.07. The molecule has 0 saturated carbocycles. The maximum atomic E-state index is 8.37. The molecule has 2 atom stereocenters. The molecule has 68 valence electrons. The van der Waals surface area contributed by atoms with Crippen LogP contribution in [0.25, 0.3) is 0 Å². The summed E-state index contributed by atoms with van der Waals surface area (Å²) in [6.45, 7) is 2.03. The second kappa shape index (κ2) is 5.09. The van der Waals surface area contributed by atoms with Crippen molar-refractivity contribution in [3.05, 3.63) is 0 Å². The van der Waals surface area contributed by atoms with E-state index in [1.165, 1.54) is 0 Å². The zero-order valence-corrected chi connectivity index (χ0v) is 7.03. The quantitative estimate of drug-likeness (QED) is 0.646. The van der Waals surface area contributed by atoms with Crippen LogP contribution in [0.5, 0.6) is 0 Å². The lowest BCUT2D eigenvalue weighted by atomic mass is 10.2. The lowest BCUT2D eigenvalue weighted by Crippen LogP contribution is -2.22. The predicted molar refractivity (Wildman–Crippen MR) is 43.4 cm³/mol. The maximum Gasteiger partial charge on any atom is 0.0950 e. The number of rotatable bonds is 4. The Morgan fingerprint density at radius 1 is 1.75 bits per heavy atom. The highest BCUT2D eigenvalue weighted by molar-refractivity contribution is 4.85. The van der Waals surface area contributed by atoms with Crippen LogP contribution in [0.1, 0.15) is 12.8 Å². The molecule has 4 nitrogen and oxygen atoms in total. The molecule has 12 heavy (non-hydrogen) atoms. The van der Waals surface area contributed by atoms with Crippen LogP contribution in [0.2, 0.25) is 0 Å². The van der Waals surface area contributed by atoms with E-state index in [0.717, 1.165) is 13.0 Å². The number of ether oxygens (including phenoxy) is 2. The average molecular weight is 170 g/mol. The molecular formula is C8H14N2O2. The molecule has 0 aromatic carbocycles. The normalized spacial score (nSPS) is 25.2. The monoisotopic (exact) mass is 170 g/mol. The van der Waals surface area contributed by atoms with Gasteiger partial charge in [-0.3, -0.25) is 0 Å². The van der Waals surface area contributed by atoms with Crippen LogP contribution in [0, 0.1) is 11.3 Å². The fraction of sp³-hybridized carbons (Fsp3) is 0.875. The SMILES string of the molecule is N#CC(N)CCOC1CCOC1. The van der Waals surface area contributed by atoms with Gasteiger partial charge in [-0.2, -0.15) is 5.26 Å². The van der Waals surface area contributed by atoms with Crippen molar-refractivity contribution < 1.29 is 9.47 Å². The Morgan fingerprint density at radius 3 is 3.17 bits per heavy atom. The number of nitrogens with zero attached hydrogens (tertiary/aromatic N) is 1. The van der Waals surface area contributed by atoms with Crippen molar-refractivity contribution in [2.24, 2.45) is 5.73 Å². The van der Waals surface area contributed by atoms with Crippen molar-refractivity contribution in [2.45, 2.75) is 25.0 Å². The van der Waals surface area contributed by atoms with Crippen LogP contribution in [0.4, 0.5) is 0 Å². The minimum atomic E-state index is -0.396. The van der Waals surface area contributed by atoms with Gasteiger partial charge in [0, 0.05) is 13.2 Å². The molecule has 0 aliphatic carbocycles.